The first-order valence-corrected chi connectivity index (χ1v) is 3.56. The van der Waals surface area contributed by atoms with E-state index in [4.69, 9.17) is 10.2 Å². The van der Waals surface area contributed by atoms with Crippen LogP contribution >= 0.6 is 0 Å². The lowest BCUT2D eigenvalue weighted by molar-refractivity contribution is -0.136. The minimum atomic E-state index is -1.40. The number of aldehydes is 1. The number of aliphatic hydroxyl groups excluding tert-OH is 3. The number of carbonyl (C=O) groups excluding carboxylic acids is 1. The third-order valence-electron chi connectivity index (χ3n) is 1.59. The van der Waals surface area contributed by atoms with Crippen molar-refractivity contribution in [3.05, 3.63) is 0 Å². The second-order valence-electron chi connectivity index (χ2n) is 2.56. The minimum Gasteiger partial charge on any atom is -0.391 e. The van der Waals surface area contributed by atoms with Gasteiger partial charge in [-0.3, -0.25) is 0 Å². The monoisotopic (exact) mass is 178 g/mol. The van der Waals surface area contributed by atoms with Crippen LogP contribution in [0.2, 0.25) is 0 Å². The third-order valence-corrected chi connectivity index (χ3v) is 1.59. The molecule has 0 aliphatic heterocycles. The molecule has 0 spiro atoms. The second-order valence-corrected chi connectivity index (χ2v) is 2.56. The molecule has 0 saturated carbocycles. The molecule has 3 N–H and O–H groups in total. The molecule has 0 aromatic carbocycles. The fourth-order valence-electron chi connectivity index (χ4n) is 0.755. The molecule has 0 aliphatic rings. The highest BCUT2D eigenvalue weighted by molar-refractivity contribution is 5.57. The number of ether oxygens (including phenoxy) is 1. The Kier molecular flexibility index (Phi) is 5.00. The van der Waals surface area contributed by atoms with Gasteiger partial charge < -0.3 is 24.9 Å². The molecule has 72 valence electrons. The topological polar surface area (TPSA) is 87.0 Å². The lowest BCUT2D eigenvalue weighted by Crippen LogP contribution is -2.44. The van der Waals surface area contributed by atoms with E-state index in [2.05, 4.69) is 4.74 Å². The largest absolute Gasteiger partial charge is 0.391 e. The zero-order valence-electron chi connectivity index (χ0n) is 7.04. The predicted molar refractivity (Wildman–Crippen MR) is 40.6 cm³/mol. The van der Waals surface area contributed by atoms with Crippen molar-refractivity contribution in [2.24, 2.45) is 0 Å². The average Bonchev–Trinajstić information content (AvgIpc) is 2.05. The van der Waals surface area contributed by atoms with E-state index in [1.807, 2.05) is 0 Å². The molecule has 5 heteroatoms. The first-order chi connectivity index (χ1) is 5.54. The molecule has 0 unspecified atom stereocenters. The number of hydrogen-bond donors (Lipinski definition) is 3. The van der Waals surface area contributed by atoms with Gasteiger partial charge >= 0.3 is 0 Å². The summed E-state index contributed by atoms with van der Waals surface area (Å²) in [6.07, 6.45) is -4.60. The van der Waals surface area contributed by atoms with Gasteiger partial charge in [-0.1, -0.05) is 0 Å². The standard InChI is InChI=1S/C7H14O5/c1-4(9)6(10)7(11)5(3-8)12-2/h3-7,9-11H,1-2H3/t4-,5+,6-,7+/m1/s1. The highest BCUT2D eigenvalue weighted by Crippen LogP contribution is 2.05. The van der Waals surface area contributed by atoms with Gasteiger partial charge in [-0.25, -0.2) is 0 Å². The number of carbonyl (C=O) groups is 1. The van der Waals surface area contributed by atoms with Crippen LogP contribution in [-0.2, 0) is 9.53 Å². The highest BCUT2D eigenvalue weighted by atomic mass is 16.5. The summed E-state index contributed by atoms with van der Waals surface area (Å²) in [7, 11) is 1.23. The van der Waals surface area contributed by atoms with Gasteiger partial charge in [0.05, 0.1) is 6.10 Å². The Labute approximate surface area is 70.6 Å². The Morgan fingerprint density at radius 3 is 2.00 bits per heavy atom. The first kappa shape index (κ1) is 11.5. The quantitative estimate of drug-likeness (QED) is 0.437. The maximum Gasteiger partial charge on any atom is 0.151 e. The molecule has 0 radical (unpaired) electrons. The molecule has 4 atom stereocenters. The van der Waals surface area contributed by atoms with Gasteiger partial charge in [-0.15, -0.1) is 0 Å². The Morgan fingerprint density at radius 1 is 1.25 bits per heavy atom. The van der Waals surface area contributed by atoms with Crippen molar-refractivity contribution in [2.45, 2.75) is 31.3 Å². The minimum absolute atomic E-state index is 0.371. The zero-order valence-corrected chi connectivity index (χ0v) is 7.04. The maximum atomic E-state index is 10.2. The summed E-state index contributed by atoms with van der Waals surface area (Å²) in [5.74, 6) is 0. The average molecular weight is 178 g/mol. The molecular weight excluding hydrogens is 164 g/mol. The molecular formula is C7H14O5. The summed E-state index contributed by atoms with van der Waals surface area (Å²) in [6, 6.07) is 0. The Bertz CT molecular complexity index is 136. The van der Waals surface area contributed by atoms with Crippen LogP contribution in [0.25, 0.3) is 0 Å². The van der Waals surface area contributed by atoms with Crippen molar-refractivity contribution < 1.29 is 24.9 Å². The molecule has 0 fully saturated rings. The SMILES string of the molecule is CO[C@@H](C=O)[C@H](O)[C@H](O)[C@@H](C)O. The molecule has 0 saturated heterocycles. The van der Waals surface area contributed by atoms with Crippen LogP contribution in [0.1, 0.15) is 6.92 Å². The van der Waals surface area contributed by atoms with E-state index in [0.717, 1.165) is 0 Å². The van der Waals surface area contributed by atoms with Gasteiger partial charge in [0.2, 0.25) is 0 Å². The van der Waals surface area contributed by atoms with Gasteiger partial charge in [0.25, 0.3) is 0 Å². The van der Waals surface area contributed by atoms with E-state index in [1.54, 1.807) is 0 Å². The van der Waals surface area contributed by atoms with Crippen molar-refractivity contribution in [1.82, 2.24) is 0 Å². The van der Waals surface area contributed by atoms with Gasteiger partial charge in [0.15, 0.2) is 6.29 Å². The van der Waals surface area contributed by atoms with E-state index in [9.17, 15) is 9.90 Å². The van der Waals surface area contributed by atoms with E-state index in [0.29, 0.717) is 6.29 Å². The van der Waals surface area contributed by atoms with Crippen molar-refractivity contribution >= 4 is 6.29 Å². The van der Waals surface area contributed by atoms with E-state index < -0.39 is 24.4 Å². The van der Waals surface area contributed by atoms with Gasteiger partial charge in [0.1, 0.15) is 18.3 Å². The van der Waals surface area contributed by atoms with E-state index in [-0.39, 0.29) is 0 Å². The van der Waals surface area contributed by atoms with Crippen LogP contribution in [0.15, 0.2) is 0 Å². The Hall–Kier alpha value is -0.490. The molecule has 12 heavy (non-hydrogen) atoms. The Morgan fingerprint density at radius 2 is 1.75 bits per heavy atom. The molecule has 0 aromatic rings. The van der Waals surface area contributed by atoms with Crippen LogP contribution < -0.4 is 0 Å². The normalized spacial score (nSPS) is 21.1. The molecule has 5 nitrogen and oxygen atoms in total. The lowest BCUT2D eigenvalue weighted by Gasteiger charge is -2.23. The number of methoxy groups -OCH3 is 1. The van der Waals surface area contributed by atoms with Gasteiger partial charge in [-0.05, 0) is 6.92 Å². The van der Waals surface area contributed by atoms with Gasteiger partial charge in [0, 0.05) is 7.11 Å². The molecule has 0 bridgehead atoms. The van der Waals surface area contributed by atoms with Crippen molar-refractivity contribution in [1.29, 1.82) is 0 Å². The van der Waals surface area contributed by atoms with Crippen molar-refractivity contribution in [2.75, 3.05) is 7.11 Å². The predicted octanol–water partition coefficient (Wildman–Crippen LogP) is -1.70. The van der Waals surface area contributed by atoms with Crippen LogP contribution in [0.5, 0.6) is 0 Å². The zero-order chi connectivity index (χ0) is 9.72. The summed E-state index contributed by atoms with van der Waals surface area (Å²) in [6.45, 7) is 1.31. The first-order valence-electron chi connectivity index (χ1n) is 3.56. The summed E-state index contributed by atoms with van der Waals surface area (Å²) < 4.78 is 4.54. The molecule has 0 amide bonds. The second kappa shape index (κ2) is 5.21. The third kappa shape index (κ3) is 2.86. The highest BCUT2D eigenvalue weighted by Gasteiger charge is 2.28. The van der Waals surface area contributed by atoms with Gasteiger partial charge in [-0.2, -0.15) is 0 Å². The summed E-state index contributed by atoms with van der Waals surface area (Å²) >= 11 is 0. The molecule has 0 aromatic heterocycles. The van der Waals surface area contributed by atoms with Crippen molar-refractivity contribution in [3.8, 4) is 0 Å². The lowest BCUT2D eigenvalue weighted by atomic mass is 10.1. The van der Waals surface area contributed by atoms with E-state index in [1.165, 1.54) is 14.0 Å². The maximum absolute atomic E-state index is 10.2. The van der Waals surface area contributed by atoms with Crippen LogP contribution in [0.4, 0.5) is 0 Å². The van der Waals surface area contributed by atoms with Crippen LogP contribution in [0, 0.1) is 0 Å². The molecule has 0 rings (SSSR count). The number of rotatable bonds is 5. The van der Waals surface area contributed by atoms with Crippen LogP contribution in [-0.4, -0.2) is 53.1 Å². The fourth-order valence-corrected chi connectivity index (χ4v) is 0.755. The Balaban J connectivity index is 4.14. The number of hydrogen-bond acceptors (Lipinski definition) is 5. The fraction of sp³-hybridized carbons (Fsp3) is 0.857. The summed E-state index contributed by atoms with van der Waals surface area (Å²) in [4.78, 5) is 10.2. The van der Waals surface area contributed by atoms with E-state index >= 15 is 0 Å². The summed E-state index contributed by atoms with van der Waals surface area (Å²) in [5, 5.41) is 27.1. The smallest absolute Gasteiger partial charge is 0.151 e. The van der Waals surface area contributed by atoms with Crippen molar-refractivity contribution in [3.63, 3.8) is 0 Å². The van der Waals surface area contributed by atoms with Crippen LogP contribution in [0.3, 0.4) is 0 Å². The molecule has 0 aliphatic carbocycles. The summed E-state index contributed by atoms with van der Waals surface area (Å²) in [5.41, 5.74) is 0. The molecule has 0 heterocycles. The number of aliphatic hydroxyl groups is 3.